The molecule has 1 aliphatic rings. The minimum Gasteiger partial charge on any atom is -0.497 e. The summed E-state index contributed by atoms with van der Waals surface area (Å²) in [6.07, 6.45) is 2.32. The molecule has 1 aliphatic heterocycles. The highest BCUT2D eigenvalue weighted by Gasteiger charge is 2.16. The third-order valence-electron chi connectivity index (χ3n) is 3.29. The number of aryl methyl sites for hydroxylation is 1. The summed E-state index contributed by atoms with van der Waals surface area (Å²) in [5, 5.41) is 0. The molecule has 0 amide bonds. The first-order chi connectivity index (χ1) is 9.20. The summed E-state index contributed by atoms with van der Waals surface area (Å²) in [5.74, 6) is 7.40. The van der Waals surface area contributed by atoms with Crippen molar-refractivity contribution < 1.29 is 4.74 Å². The molecule has 0 spiro atoms. The van der Waals surface area contributed by atoms with E-state index in [1.165, 1.54) is 17.7 Å². The lowest BCUT2D eigenvalue weighted by Gasteiger charge is -2.29. The van der Waals surface area contributed by atoms with E-state index in [0.717, 1.165) is 31.8 Å². The van der Waals surface area contributed by atoms with E-state index in [0.29, 0.717) is 0 Å². The monoisotopic (exact) mass is 258 g/mol. The fraction of sp³-hybridized carbons (Fsp3) is 0.500. The van der Waals surface area contributed by atoms with Crippen molar-refractivity contribution in [2.24, 2.45) is 0 Å². The lowest BCUT2D eigenvalue weighted by atomic mass is 10.0. The first-order valence-corrected chi connectivity index (χ1v) is 6.73. The van der Waals surface area contributed by atoms with Gasteiger partial charge in [0.05, 0.1) is 20.2 Å². The van der Waals surface area contributed by atoms with Gasteiger partial charge in [-0.25, -0.2) is 0 Å². The van der Waals surface area contributed by atoms with Gasteiger partial charge in [-0.15, -0.1) is 0 Å². The molecule has 1 aromatic rings. The van der Waals surface area contributed by atoms with Crippen LogP contribution in [0.1, 0.15) is 12.0 Å². The number of anilines is 1. The predicted octanol–water partition coefficient (Wildman–Crippen LogP) is 2.01. The average molecular weight is 258 g/mol. The summed E-state index contributed by atoms with van der Waals surface area (Å²) in [5.41, 5.74) is 2.69. The average Bonchev–Trinajstić information content (AvgIpc) is 2.42. The molecular weight excluding hydrogens is 236 g/mol. The van der Waals surface area contributed by atoms with Gasteiger partial charge in [0.25, 0.3) is 0 Å². The van der Waals surface area contributed by atoms with Crippen LogP contribution < -0.4 is 9.64 Å². The molecule has 3 heteroatoms. The van der Waals surface area contributed by atoms with Gasteiger partial charge >= 0.3 is 0 Å². The predicted molar refractivity (Wildman–Crippen MR) is 79.9 cm³/mol. The van der Waals surface area contributed by atoms with Crippen LogP contribution in [0.15, 0.2) is 18.2 Å². The Morgan fingerprint density at radius 1 is 1.32 bits per heavy atom. The minimum absolute atomic E-state index is 0.813. The largest absolute Gasteiger partial charge is 0.497 e. The number of benzene rings is 1. The molecule has 0 N–H and O–H groups in total. The summed E-state index contributed by atoms with van der Waals surface area (Å²) < 4.78 is 5.29. The van der Waals surface area contributed by atoms with Crippen molar-refractivity contribution in [3.05, 3.63) is 23.8 Å². The second kappa shape index (κ2) is 6.49. The number of rotatable bonds is 3. The normalized spacial score (nSPS) is 13.8. The lowest BCUT2D eigenvalue weighted by molar-refractivity contribution is 0.414. The van der Waals surface area contributed by atoms with E-state index in [4.69, 9.17) is 4.74 Å². The van der Waals surface area contributed by atoms with Crippen LogP contribution >= 0.6 is 0 Å². The van der Waals surface area contributed by atoms with E-state index in [9.17, 15) is 0 Å². The molecule has 0 saturated heterocycles. The summed E-state index contributed by atoms with van der Waals surface area (Å²) >= 11 is 0. The maximum Gasteiger partial charge on any atom is 0.119 e. The van der Waals surface area contributed by atoms with Gasteiger partial charge in [-0.05, 0) is 50.7 Å². The van der Waals surface area contributed by atoms with Crippen molar-refractivity contribution in [1.29, 1.82) is 0 Å². The number of nitrogens with zero attached hydrogens (tertiary/aromatic N) is 2. The fourth-order valence-corrected chi connectivity index (χ4v) is 2.31. The summed E-state index contributed by atoms with van der Waals surface area (Å²) in [6, 6.07) is 6.33. The maximum absolute atomic E-state index is 5.29. The van der Waals surface area contributed by atoms with Crippen LogP contribution in [0.4, 0.5) is 5.69 Å². The van der Waals surface area contributed by atoms with Crippen LogP contribution in [0.2, 0.25) is 0 Å². The van der Waals surface area contributed by atoms with E-state index in [1.807, 2.05) is 20.2 Å². The van der Waals surface area contributed by atoms with Gasteiger partial charge in [0.15, 0.2) is 0 Å². The second-order valence-corrected chi connectivity index (χ2v) is 5.11. The van der Waals surface area contributed by atoms with E-state index in [-0.39, 0.29) is 0 Å². The van der Waals surface area contributed by atoms with Crippen LogP contribution in [0.25, 0.3) is 0 Å². The van der Waals surface area contributed by atoms with Gasteiger partial charge in [-0.3, -0.25) is 4.90 Å². The second-order valence-electron chi connectivity index (χ2n) is 5.11. The quantitative estimate of drug-likeness (QED) is 0.771. The maximum atomic E-state index is 5.29. The van der Waals surface area contributed by atoms with E-state index < -0.39 is 0 Å². The van der Waals surface area contributed by atoms with Crippen LogP contribution in [-0.2, 0) is 6.42 Å². The van der Waals surface area contributed by atoms with E-state index in [1.54, 1.807) is 7.11 Å². The van der Waals surface area contributed by atoms with Gasteiger partial charge in [-0.2, -0.15) is 0 Å². The molecule has 102 valence electrons. The molecule has 0 atom stereocenters. The first-order valence-electron chi connectivity index (χ1n) is 6.73. The standard InChI is InChI=1S/C16H22N2O/c1-17(2)10-4-5-11-18-12-6-7-14-13-15(19-3)8-9-16(14)18/h8-9,13H,6-7,10-12H2,1-3H3. The highest BCUT2D eigenvalue weighted by molar-refractivity contribution is 5.58. The highest BCUT2D eigenvalue weighted by atomic mass is 16.5. The zero-order valence-corrected chi connectivity index (χ0v) is 12.1. The number of hydrogen-bond donors (Lipinski definition) is 0. The fourth-order valence-electron chi connectivity index (χ4n) is 2.31. The molecule has 19 heavy (non-hydrogen) atoms. The zero-order valence-electron chi connectivity index (χ0n) is 12.1. The van der Waals surface area contributed by atoms with Crippen LogP contribution in [0.5, 0.6) is 5.75 Å². The van der Waals surface area contributed by atoms with Gasteiger partial charge in [0.1, 0.15) is 5.75 Å². The number of ether oxygens (including phenoxy) is 1. The number of hydrogen-bond acceptors (Lipinski definition) is 3. The molecule has 2 rings (SSSR count). The van der Waals surface area contributed by atoms with Crippen LogP contribution in [0, 0.1) is 11.8 Å². The SMILES string of the molecule is COc1ccc2c(c1)CCCN2CC#CCN(C)C. The van der Waals surface area contributed by atoms with Gasteiger partial charge in [0, 0.05) is 12.2 Å². The van der Waals surface area contributed by atoms with Crippen molar-refractivity contribution in [2.45, 2.75) is 12.8 Å². The Kier molecular flexibility index (Phi) is 4.70. The number of fused-ring (bicyclic) bond motifs is 1. The molecule has 0 fully saturated rings. The molecule has 1 aromatic carbocycles. The van der Waals surface area contributed by atoms with Crippen molar-refractivity contribution in [2.75, 3.05) is 45.7 Å². The van der Waals surface area contributed by atoms with Crippen molar-refractivity contribution in [1.82, 2.24) is 4.90 Å². The Morgan fingerprint density at radius 3 is 2.89 bits per heavy atom. The minimum atomic E-state index is 0.813. The Hall–Kier alpha value is -1.66. The van der Waals surface area contributed by atoms with E-state index in [2.05, 4.69) is 33.8 Å². The van der Waals surface area contributed by atoms with Crippen molar-refractivity contribution in [3.8, 4) is 17.6 Å². The van der Waals surface area contributed by atoms with E-state index >= 15 is 0 Å². The summed E-state index contributed by atoms with van der Waals surface area (Å²) in [6.45, 7) is 2.73. The Labute approximate surface area is 116 Å². The molecule has 0 unspecified atom stereocenters. The summed E-state index contributed by atoms with van der Waals surface area (Å²) in [7, 11) is 5.79. The van der Waals surface area contributed by atoms with Gasteiger partial charge in [-0.1, -0.05) is 11.8 Å². The smallest absolute Gasteiger partial charge is 0.119 e. The third-order valence-corrected chi connectivity index (χ3v) is 3.29. The Bertz CT molecular complexity index is 485. The molecular formula is C16H22N2O. The molecule has 3 nitrogen and oxygen atoms in total. The lowest BCUT2D eigenvalue weighted by Crippen LogP contribution is -2.29. The molecule has 0 radical (unpaired) electrons. The van der Waals surface area contributed by atoms with Crippen molar-refractivity contribution >= 4 is 5.69 Å². The summed E-state index contributed by atoms with van der Waals surface area (Å²) in [4.78, 5) is 4.45. The van der Waals surface area contributed by atoms with Gasteiger partial charge < -0.3 is 9.64 Å². The molecule has 0 bridgehead atoms. The Balaban J connectivity index is 2.07. The number of methoxy groups -OCH3 is 1. The molecule has 1 heterocycles. The first kappa shape index (κ1) is 13.8. The Morgan fingerprint density at radius 2 is 2.16 bits per heavy atom. The van der Waals surface area contributed by atoms with Gasteiger partial charge in [0.2, 0.25) is 0 Å². The van der Waals surface area contributed by atoms with Crippen LogP contribution in [0.3, 0.4) is 0 Å². The molecule has 0 aromatic heterocycles. The van der Waals surface area contributed by atoms with Crippen molar-refractivity contribution in [3.63, 3.8) is 0 Å². The zero-order chi connectivity index (χ0) is 13.7. The molecule has 0 aliphatic carbocycles. The molecule has 0 saturated carbocycles. The third kappa shape index (κ3) is 3.65. The van der Waals surface area contributed by atoms with Crippen LogP contribution in [-0.4, -0.2) is 45.7 Å². The highest BCUT2D eigenvalue weighted by Crippen LogP contribution is 2.29. The topological polar surface area (TPSA) is 15.7 Å².